The minimum Gasteiger partial charge on any atom is -0.454 e. The Labute approximate surface area is 157 Å². The largest absolute Gasteiger partial charge is 0.454 e. The minimum absolute atomic E-state index is 0.252. The van der Waals surface area contributed by atoms with Crippen LogP contribution in [0, 0.1) is 19.7 Å². The molecule has 0 bridgehead atoms. The lowest BCUT2D eigenvalue weighted by Gasteiger charge is -2.10. The number of hydrogen-bond donors (Lipinski definition) is 0. The highest BCUT2D eigenvalue weighted by molar-refractivity contribution is 6.00. The predicted molar refractivity (Wildman–Crippen MR) is 100 cm³/mol. The Morgan fingerprint density at radius 2 is 1.67 bits per heavy atom. The van der Waals surface area contributed by atoms with E-state index in [4.69, 9.17) is 4.74 Å². The van der Waals surface area contributed by atoms with E-state index in [-0.39, 0.29) is 18.2 Å². The zero-order chi connectivity index (χ0) is 19.4. The van der Waals surface area contributed by atoms with E-state index in [9.17, 15) is 14.0 Å². The number of nitrogens with zero attached hydrogens (tertiary/aromatic N) is 1. The van der Waals surface area contributed by atoms with Gasteiger partial charge in [-0.3, -0.25) is 4.79 Å². The molecule has 0 aliphatic rings. The van der Waals surface area contributed by atoms with Gasteiger partial charge in [0.1, 0.15) is 5.82 Å². The van der Waals surface area contributed by atoms with Gasteiger partial charge in [-0.25, -0.2) is 9.18 Å². The third kappa shape index (κ3) is 4.31. The third-order valence-corrected chi connectivity index (χ3v) is 4.47. The second-order valence-electron chi connectivity index (χ2n) is 6.36. The maximum atomic E-state index is 13.1. The minimum atomic E-state index is -0.524. The number of rotatable bonds is 6. The molecule has 0 aliphatic carbocycles. The first kappa shape index (κ1) is 18.6. The Hall–Kier alpha value is -3.21. The highest BCUT2D eigenvalue weighted by atomic mass is 19.1. The summed E-state index contributed by atoms with van der Waals surface area (Å²) in [5, 5.41) is 0. The van der Waals surface area contributed by atoms with Gasteiger partial charge in [-0.15, -0.1) is 0 Å². The number of ketones is 1. The molecule has 0 spiro atoms. The number of benzene rings is 2. The van der Waals surface area contributed by atoms with E-state index >= 15 is 0 Å². The average molecular weight is 365 g/mol. The van der Waals surface area contributed by atoms with Gasteiger partial charge in [0.15, 0.2) is 6.61 Å². The van der Waals surface area contributed by atoms with Crippen molar-refractivity contribution in [3.05, 3.63) is 94.6 Å². The van der Waals surface area contributed by atoms with Crippen molar-refractivity contribution in [1.82, 2.24) is 4.57 Å². The molecule has 0 atom stereocenters. The molecule has 3 aromatic rings. The van der Waals surface area contributed by atoms with E-state index in [1.54, 1.807) is 48.5 Å². The Morgan fingerprint density at radius 1 is 1.00 bits per heavy atom. The molecule has 0 radical (unpaired) electrons. The fraction of sp³-hybridized carbons (Fsp3) is 0.182. The maximum absolute atomic E-state index is 13.1. The Bertz CT molecular complexity index is 959. The molecule has 5 heteroatoms. The summed E-state index contributed by atoms with van der Waals surface area (Å²) in [7, 11) is 0. The van der Waals surface area contributed by atoms with Crippen LogP contribution >= 0.6 is 0 Å². The molecular formula is C22H20FNO3. The van der Waals surface area contributed by atoms with Crippen molar-refractivity contribution in [2.24, 2.45) is 0 Å². The Kier molecular flexibility index (Phi) is 5.50. The van der Waals surface area contributed by atoms with Crippen molar-refractivity contribution in [3.8, 4) is 0 Å². The van der Waals surface area contributed by atoms with Gasteiger partial charge in [-0.2, -0.15) is 0 Å². The number of ether oxygens (including phenoxy) is 1. The molecule has 4 nitrogen and oxygen atoms in total. The van der Waals surface area contributed by atoms with E-state index < -0.39 is 5.97 Å². The van der Waals surface area contributed by atoms with E-state index in [0.29, 0.717) is 17.7 Å². The van der Waals surface area contributed by atoms with Gasteiger partial charge in [0, 0.05) is 23.5 Å². The number of Topliss-reactive ketones (excluding diaryl/α,β-unsaturated/α-hetero) is 1. The normalized spacial score (nSPS) is 10.6. The molecule has 0 N–H and O–H groups in total. The number of halogens is 1. The van der Waals surface area contributed by atoms with Gasteiger partial charge in [0.25, 0.3) is 0 Å². The molecule has 0 amide bonds. The van der Waals surface area contributed by atoms with Crippen LogP contribution < -0.4 is 0 Å². The molecule has 138 valence electrons. The Morgan fingerprint density at radius 3 is 2.33 bits per heavy atom. The van der Waals surface area contributed by atoms with Crippen LogP contribution in [-0.2, 0) is 11.3 Å². The van der Waals surface area contributed by atoms with Gasteiger partial charge < -0.3 is 9.30 Å². The number of aryl methyl sites for hydroxylation is 1. The van der Waals surface area contributed by atoms with Crippen LogP contribution in [0.25, 0.3) is 0 Å². The van der Waals surface area contributed by atoms with Crippen molar-refractivity contribution >= 4 is 11.8 Å². The van der Waals surface area contributed by atoms with Crippen LogP contribution in [-0.4, -0.2) is 22.9 Å². The van der Waals surface area contributed by atoms with E-state index in [1.807, 2.05) is 18.4 Å². The molecule has 2 aromatic carbocycles. The molecular weight excluding hydrogens is 345 g/mol. The molecule has 27 heavy (non-hydrogen) atoms. The number of hydrogen-bond acceptors (Lipinski definition) is 3. The standard InChI is InChI=1S/C22H20FNO3/c1-15-12-20(16(2)24(15)13-17-8-10-19(23)11-9-17)21(25)14-27-22(26)18-6-4-3-5-7-18/h3-12H,13-14H2,1-2H3. The molecule has 3 rings (SSSR count). The molecule has 0 saturated heterocycles. The summed E-state index contributed by atoms with van der Waals surface area (Å²) in [5.74, 6) is -1.06. The first-order valence-electron chi connectivity index (χ1n) is 8.62. The van der Waals surface area contributed by atoms with Gasteiger partial charge in [0.2, 0.25) is 5.78 Å². The maximum Gasteiger partial charge on any atom is 0.338 e. The summed E-state index contributed by atoms with van der Waals surface area (Å²) >= 11 is 0. The Balaban J connectivity index is 1.70. The van der Waals surface area contributed by atoms with Gasteiger partial charge in [-0.1, -0.05) is 30.3 Å². The van der Waals surface area contributed by atoms with Crippen molar-refractivity contribution in [3.63, 3.8) is 0 Å². The smallest absolute Gasteiger partial charge is 0.338 e. The lowest BCUT2D eigenvalue weighted by molar-refractivity contribution is 0.0474. The van der Waals surface area contributed by atoms with Crippen LogP contribution in [0.3, 0.4) is 0 Å². The van der Waals surface area contributed by atoms with E-state index in [1.165, 1.54) is 12.1 Å². The van der Waals surface area contributed by atoms with Crippen LogP contribution in [0.4, 0.5) is 4.39 Å². The molecule has 0 fully saturated rings. The SMILES string of the molecule is Cc1cc(C(=O)COC(=O)c2ccccc2)c(C)n1Cc1ccc(F)cc1. The van der Waals surface area contributed by atoms with Crippen molar-refractivity contribution < 1.29 is 18.7 Å². The number of esters is 1. The summed E-state index contributed by atoms with van der Waals surface area (Å²) in [6, 6.07) is 16.6. The van der Waals surface area contributed by atoms with Gasteiger partial charge in [0.05, 0.1) is 5.56 Å². The number of aromatic nitrogens is 1. The van der Waals surface area contributed by atoms with Crippen molar-refractivity contribution in [2.75, 3.05) is 6.61 Å². The monoisotopic (exact) mass is 365 g/mol. The van der Waals surface area contributed by atoms with Gasteiger partial charge in [-0.05, 0) is 49.7 Å². The highest BCUT2D eigenvalue weighted by Crippen LogP contribution is 2.18. The second kappa shape index (κ2) is 7.99. The molecule has 1 heterocycles. The fourth-order valence-electron chi connectivity index (χ4n) is 2.97. The summed E-state index contributed by atoms with van der Waals surface area (Å²) in [6.45, 7) is 3.98. The highest BCUT2D eigenvalue weighted by Gasteiger charge is 2.18. The lowest BCUT2D eigenvalue weighted by atomic mass is 10.1. The second-order valence-corrected chi connectivity index (χ2v) is 6.36. The first-order chi connectivity index (χ1) is 13.0. The van der Waals surface area contributed by atoms with Crippen LogP contribution in [0.5, 0.6) is 0 Å². The zero-order valence-corrected chi connectivity index (χ0v) is 15.2. The summed E-state index contributed by atoms with van der Waals surface area (Å²) < 4.78 is 20.2. The summed E-state index contributed by atoms with van der Waals surface area (Å²) in [6.07, 6.45) is 0. The molecule has 1 aromatic heterocycles. The lowest BCUT2D eigenvalue weighted by Crippen LogP contribution is -2.15. The van der Waals surface area contributed by atoms with E-state index in [2.05, 4.69) is 0 Å². The summed E-state index contributed by atoms with van der Waals surface area (Å²) in [4.78, 5) is 24.5. The third-order valence-electron chi connectivity index (χ3n) is 4.47. The number of carbonyl (C=O) groups excluding carboxylic acids is 2. The fourth-order valence-corrected chi connectivity index (χ4v) is 2.97. The van der Waals surface area contributed by atoms with E-state index in [0.717, 1.165) is 17.0 Å². The summed E-state index contributed by atoms with van der Waals surface area (Å²) in [5.41, 5.74) is 3.57. The van der Waals surface area contributed by atoms with Crippen LogP contribution in [0.2, 0.25) is 0 Å². The van der Waals surface area contributed by atoms with Crippen molar-refractivity contribution in [2.45, 2.75) is 20.4 Å². The topological polar surface area (TPSA) is 48.3 Å². The quantitative estimate of drug-likeness (QED) is 0.482. The van der Waals surface area contributed by atoms with Crippen LogP contribution in [0.15, 0.2) is 60.7 Å². The number of carbonyl (C=O) groups is 2. The first-order valence-corrected chi connectivity index (χ1v) is 8.62. The van der Waals surface area contributed by atoms with Crippen molar-refractivity contribution in [1.29, 1.82) is 0 Å². The van der Waals surface area contributed by atoms with Crippen LogP contribution in [0.1, 0.15) is 37.7 Å². The zero-order valence-electron chi connectivity index (χ0n) is 15.2. The predicted octanol–water partition coefficient (Wildman–Crippen LogP) is 4.33. The van der Waals surface area contributed by atoms with Gasteiger partial charge >= 0.3 is 5.97 Å². The molecule has 0 saturated carbocycles. The average Bonchev–Trinajstić information content (AvgIpc) is 2.96. The molecule has 0 aliphatic heterocycles. The molecule has 0 unspecified atom stereocenters.